The minimum atomic E-state index is -0.541. The van der Waals surface area contributed by atoms with Gasteiger partial charge in [-0.2, -0.15) is 0 Å². The Morgan fingerprint density at radius 2 is 1.70 bits per heavy atom. The van der Waals surface area contributed by atoms with E-state index in [0.717, 1.165) is 5.69 Å². The Kier molecular flexibility index (Phi) is 6.13. The van der Waals surface area contributed by atoms with E-state index in [4.69, 9.17) is 16.3 Å². The van der Waals surface area contributed by atoms with Gasteiger partial charge in [0.2, 0.25) is 0 Å². The molecule has 0 saturated carbocycles. The second-order valence-corrected chi connectivity index (χ2v) is 6.44. The number of benzene rings is 2. The van der Waals surface area contributed by atoms with Crippen LogP contribution in [0.25, 0.3) is 0 Å². The zero-order chi connectivity index (χ0) is 19.2. The number of piperazine rings is 1. The third-order valence-corrected chi connectivity index (χ3v) is 4.49. The quantitative estimate of drug-likeness (QED) is 0.870. The molecule has 0 atom stereocenters. The van der Waals surface area contributed by atoms with Gasteiger partial charge in [-0.3, -0.25) is 4.79 Å². The number of hydrogen-bond donors (Lipinski definition) is 1. The summed E-state index contributed by atoms with van der Waals surface area (Å²) in [5.41, 5.74) is 0.729. The second kappa shape index (κ2) is 8.73. The predicted octanol–water partition coefficient (Wildman–Crippen LogP) is 3.23. The van der Waals surface area contributed by atoms with Crippen molar-refractivity contribution in [1.29, 1.82) is 0 Å². The third-order valence-electron chi connectivity index (χ3n) is 4.20. The highest BCUT2D eigenvalue weighted by atomic mass is 35.5. The van der Waals surface area contributed by atoms with E-state index in [1.165, 1.54) is 18.2 Å². The smallest absolute Gasteiger partial charge is 0.321 e. The van der Waals surface area contributed by atoms with Crippen LogP contribution in [0.15, 0.2) is 48.5 Å². The Bertz CT molecular complexity index is 811. The maximum Gasteiger partial charge on any atom is 0.321 e. The van der Waals surface area contributed by atoms with Crippen LogP contribution in [0.2, 0.25) is 5.02 Å². The van der Waals surface area contributed by atoms with Crippen LogP contribution in [0.3, 0.4) is 0 Å². The topological polar surface area (TPSA) is 61.9 Å². The van der Waals surface area contributed by atoms with Gasteiger partial charge < -0.3 is 19.9 Å². The molecule has 0 aliphatic carbocycles. The van der Waals surface area contributed by atoms with E-state index in [1.807, 2.05) is 30.3 Å². The van der Waals surface area contributed by atoms with Gasteiger partial charge in [-0.25, -0.2) is 9.18 Å². The molecule has 1 saturated heterocycles. The van der Waals surface area contributed by atoms with E-state index in [1.54, 1.807) is 9.80 Å². The number of ether oxygens (including phenoxy) is 1. The van der Waals surface area contributed by atoms with Crippen molar-refractivity contribution in [2.45, 2.75) is 0 Å². The highest BCUT2D eigenvalue weighted by Crippen LogP contribution is 2.21. The van der Waals surface area contributed by atoms with Crippen molar-refractivity contribution in [3.05, 3.63) is 59.4 Å². The first-order valence-corrected chi connectivity index (χ1v) is 8.87. The molecule has 142 valence electrons. The van der Waals surface area contributed by atoms with Crippen molar-refractivity contribution < 1.29 is 18.7 Å². The van der Waals surface area contributed by atoms with Crippen molar-refractivity contribution >= 4 is 29.2 Å². The average Bonchev–Trinajstić information content (AvgIpc) is 2.69. The molecule has 27 heavy (non-hydrogen) atoms. The number of rotatable bonds is 4. The molecular formula is C19H19ClFN3O3. The zero-order valence-corrected chi connectivity index (χ0v) is 15.3. The molecule has 0 bridgehead atoms. The molecule has 0 aromatic heterocycles. The summed E-state index contributed by atoms with van der Waals surface area (Å²) in [7, 11) is 0. The van der Waals surface area contributed by atoms with Gasteiger partial charge in [0.1, 0.15) is 11.6 Å². The predicted molar refractivity (Wildman–Crippen MR) is 101 cm³/mol. The van der Waals surface area contributed by atoms with Crippen molar-refractivity contribution in [3.63, 3.8) is 0 Å². The Hall–Kier alpha value is -2.80. The lowest BCUT2D eigenvalue weighted by Gasteiger charge is -2.34. The largest absolute Gasteiger partial charge is 0.484 e. The van der Waals surface area contributed by atoms with Gasteiger partial charge in [-0.05, 0) is 24.3 Å². The van der Waals surface area contributed by atoms with E-state index in [-0.39, 0.29) is 23.6 Å². The van der Waals surface area contributed by atoms with Crippen molar-refractivity contribution in [3.8, 4) is 5.75 Å². The van der Waals surface area contributed by atoms with Gasteiger partial charge in [0.15, 0.2) is 6.61 Å². The number of carbonyl (C=O) groups excluding carboxylic acids is 2. The Morgan fingerprint density at radius 3 is 2.37 bits per heavy atom. The lowest BCUT2D eigenvalue weighted by atomic mass is 10.3. The number of carbonyl (C=O) groups is 2. The molecule has 2 aromatic carbocycles. The molecule has 0 spiro atoms. The number of amides is 3. The Morgan fingerprint density at radius 1 is 1.04 bits per heavy atom. The van der Waals surface area contributed by atoms with Gasteiger partial charge in [0.25, 0.3) is 5.91 Å². The molecule has 1 heterocycles. The van der Waals surface area contributed by atoms with Crippen LogP contribution in [0.5, 0.6) is 5.75 Å². The minimum absolute atomic E-state index is 0.0574. The summed E-state index contributed by atoms with van der Waals surface area (Å²) in [6.45, 7) is 1.56. The standard InChI is InChI=1S/C19H19ClFN3O3/c20-16-12-15(6-7-17(16)21)27-13-18(25)23-8-10-24(11-9-23)19(26)22-14-4-2-1-3-5-14/h1-7,12H,8-11,13H2,(H,22,26). The number of hydrogen-bond acceptors (Lipinski definition) is 3. The van der Waals surface area contributed by atoms with E-state index in [9.17, 15) is 14.0 Å². The van der Waals surface area contributed by atoms with E-state index < -0.39 is 5.82 Å². The van der Waals surface area contributed by atoms with E-state index >= 15 is 0 Å². The first-order chi connectivity index (χ1) is 13.0. The summed E-state index contributed by atoms with van der Waals surface area (Å²) in [5.74, 6) is -0.408. The first-order valence-electron chi connectivity index (χ1n) is 8.49. The average molecular weight is 392 g/mol. The molecule has 1 aliphatic heterocycles. The summed E-state index contributed by atoms with van der Waals surface area (Å²) in [6, 6.07) is 12.9. The lowest BCUT2D eigenvalue weighted by molar-refractivity contribution is -0.134. The van der Waals surface area contributed by atoms with Crippen LogP contribution in [0.1, 0.15) is 0 Å². The molecule has 1 fully saturated rings. The van der Waals surface area contributed by atoms with Crippen LogP contribution in [0.4, 0.5) is 14.9 Å². The molecular weight excluding hydrogens is 373 g/mol. The van der Waals surface area contributed by atoms with Gasteiger partial charge in [0.05, 0.1) is 5.02 Å². The number of anilines is 1. The van der Waals surface area contributed by atoms with Gasteiger partial charge in [-0.1, -0.05) is 29.8 Å². The van der Waals surface area contributed by atoms with Crippen LogP contribution < -0.4 is 10.1 Å². The molecule has 2 aromatic rings. The number of halogens is 2. The van der Waals surface area contributed by atoms with Crippen LogP contribution in [-0.4, -0.2) is 54.5 Å². The fourth-order valence-electron chi connectivity index (χ4n) is 2.69. The number of nitrogens with one attached hydrogen (secondary N) is 1. The molecule has 8 heteroatoms. The summed E-state index contributed by atoms with van der Waals surface area (Å²) < 4.78 is 18.5. The Labute approximate surface area is 161 Å². The first kappa shape index (κ1) is 19.0. The zero-order valence-electron chi connectivity index (χ0n) is 14.5. The van der Waals surface area contributed by atoms with E-state index in [0.29, 0.717) is 31.9 Å². The maximum atomic E-state index is 13.1. The van der Waals surface area contributed by atoms with Crippen molar-refractivity contribution in [2.24, 2.45) is 0 Å². The van der Waals surface area contributed by atoms with Crippen LogP contribution in [-0.2, 0) is 4.79 Å². The Balaban J connectivity index is 1.44. The van der Waals surface area contributed by atoms with Crippen molar-refractivity contribution in [2.75, 3.05) is 38.1 Å². The third kappa shape index (κ3) is 5.10. The summed E-state index contributed by atoms with van der Waals surface area (Å²) in [5, 5.41) is 2.77. The molecule has 6 nitrogen and oxygen atoms in total. The van der Waals surface area contributed by atoms with E-state index in [2.05, 4.69) is 5.32 Å². The maximum absolute atomic E-state index is 13.1. The van der Waals surface area contributed by atoms with Gasteiger partial charge in [-0.15, -0.1) is 0 Å². The van der Waals surface area contributed by atoms with Crippen molar-refractivity contribution in [1.82, 2.24) is 9.80 Å². The molecule has 1 aliphatic rings. The molecule has 3 amide bonds. The minimum Gasteiger partial charge on any atom is -0.484 e. The molecule has 3 rings (SSSR count). The van der Waals surface area contributed by atoms with Gasteiger partial charge in [0, 0.05) is 37.9 Å². The SMILES string of the molecule is O=C(COc1ccc(F)c(Cl)c1)N1CCN(C(=O)Nc2ccccc2)CC1. The molecule has 0 unspecified atom stereocenters. The highest BCUT2D eigenvalue weighted by Gasteiger charge is 2.24. The summed E-state index contributed by atoms with van der Waals surface area (Å²) >= 11 is 5.69. The fourth-order valence-corrected chi connectivity index (χ4v) is 2.86. The number of urea groups is 1. The normalized spacial score (nSPS) is 14.0. The lowest BCUT2D eigenvalue weighted by Crippen LogP contribution is -2.52. The summed E-state index contributed by atoms with van der Waals surface area (Å²) in [4.78, 5) is 27.8. The summed E-state index contributed by atoms with van der Waals surface area (Å²) in [6.07, 6.45) is 0. The number of para-hydroxylation sites is 1. The highest BCUT2D eigenvalue weighted by molar-refractivity contribution is 6.30. The second-order valence-electron chi connectivity index (χ2n) is 6.03. The van der Waals surface area contributed by atoms with Crippen LogP contribution >= 0.6 is 11.6 Å². The molecule has 1 N–H and O–H groups in total. The fraction of sp³-hybridized carbons (Fsp3) is 0.263. The monoisotopic (exact) mass is 391 g/mol. The number of nitrogens with zero attached hydrogens (tertiary/aromatic N) is 2. The molecule has 0 radical (unpaired) electrons. The van der Waals surface area contributed by atoms with Gasteiger partial charge >= 0.3 is 6.03 Å². The van der Waals surface area contributed by atoms with Crippen LogP contribution in [0, 0.1) is 5.82 Å².